The highest BCUT2D eigenvalue weighted by molar-refractivity contribution is 9.10. The number of nitrogens with zero attached hydrogens (tertiary/aromatic N) is 2. The SMILES string of the molecule is O=C(O)CCCc1ncc2c(Br)cccn12. The maximum atomic E-state index is 10.4. The second-order valence-corrected chi connectivity index (χ2v) is 4.39. The molecule has 2 aromatic heterocycles. The first-order valence-electron chi connectivity index (χ1n) is 5.01. The first-order chi connectivity index (χ1) is 7.68. The summed E-state index contributed by atoms with van der Waals surface area (Å²) in [6, 6.07) is 3.89. The molecule has 0 spiro atoms. The van der Waals surface area contributed by atoms with Gasteiger partial charge in [-0.25, -0.2) is 4.98 Å². The minimum Gasteiger partial charge on any atom is -0.481 e. The Labute approximate surface area is 101 Å². The van der Waals surface area contributed by atoms with Crippen molar-refractivity contribution < 1.29 is 9.90 Å². The van der Waals surface area contributed by atoms with Gasteiger partial charge < -0.3 is 9.51 Å². The molecule has 1 N–H and O–H groups in total. The van der Waals surface area contributed by atoms with E-state index >= 15 is 0 Å². The van der Waals surface area contributed by atoms with E-state index in [-0.39, 0.29) is 6.42 Å². The Morgan fingerprint density at radius 2 is 2.38 bits per heavy atom. The molecule has 0 saturated carbocycles. The van der Waals surface area contributed by atoms with Gasteiger partial charge in [0.1, 0.15) is 5.82 Å². The van der Waals surface area contributed by atoms with Crippen molar-refractivity contribution in [2.45, 2.75) is 19.3 Å². The van der Waals surface area contributed by atoms with Crippen LogP contribution in [0.3, 0.4) is 0 Å². The van der Waals surface area contributed by atoms with Gasteiger partial charge >= 0.3 is 5.97 Å². The number of hydrogen-bond acceptors (Lipinski definition) is 2. The Morgan fingerprint density at radius 1 is 1.56 bits per heavy atom. The van der Waals surface area contributed by atoms with Crippen LogP contribution in [0.25, 0.3) is 5.52 Å². The van der Waals surface area contributed by atoms with Crippen LogP contribution < -0.4 is 0 Å². The number of fused-ring (bicyclic) bond motifs is 1. The molecule has 5 heteroatoms. The molecule has 0 aromatic carbocycles. The second-order valence-electron chi connectivity index (χ2n) is 3.53. The molecule has 0 aliphatic carbocycles. The highest BCUT2D eigenvalue weighted by atomic mass is 79.9. The van der Waals surface area contributed by atoms with E-state index in [1.807, 2.05) is 22.7 Å². The molecule has 0 aliphatic heterocycles. The Balaban J connectivity index is 2.19. The van der Waals surface area contributed by atoms with Crippen LogP contribution in [0.15, 0.2) is 29.0 Å². The number of pyridine rings is 1. The molecule has 0 unspecified atom stereocenters. The van der Waals surface area contributed by atoms with Crippen molar-refractivity contribution in [3.05, 3.63) is 34.8 Å². The molecule has 2 heterocycles. The fourth-order valence-electron chi connectivity index (χ4n) is 1.62. The van der Waals surface area contributed by atoms with Crippen molar-refractivity contribution in [3.63, 3.8) is 0 Å². The largest absolute Gasteiger partial charge is 0.481 e. The minimum absolute atomic E-state index is 0.183. The zero-order valence-electron chi connectivity index (χ0n) is 8.56. The van der Waals surface area contributed by atoms with Crippen LogP contribution in [-0.2, 0) is 11.2 Å². The summed E-state index contributed by atoms with van der Waals surface area (Å²) in [5.41, 5.74) is 1.01. The lowest BCUT2D eigenvalue weighted by atomic mass is 10.2. The molecule has 0 atom stereocenters. The average molecular weight is 283 g/mol. The molecule has 0 fully saturated rings. The van der Waals surface area contributed by atoms with Crippen molar-refractivity contribution in [3.8, 4) is 0 Å². The Morgan fingerprint density at radius 3 is 3.12 bits per heavy atom. The number of halogens is 1. The molecule has 0 amide bonds. The molecule has 0 saturated heterocycles. The number of carboxylic acids is 1. The van der Waals surface area contributed by atoms with E-state index in [0.29, 0.717) is 12.8 Å². The highest BCUT2D eigenvalue weighted by Gasteiger charge is 2.06. The number of carbonyl (C=O) groups is 1. The van der Waals surface area contributed by atoms with Gasteiger partial charge in [-0.2, -0.15) is 0 Å². The van der Waals surface area contributed by atoms with E-state index in [0.717, 1.165) is 15.8 Å². The van der Waals surface area contributed by atoms with Gasteiger partial charge in [-0.05, 0) is 34.5 Å². The molecule has 2 aromatic rings. The second kappa shape index (κ2) is 4.65. The zero-order chi connectivity index (χ0) is 11.5. The summed E-state index contributed by atoms with van der Waals surface area (Å²) in [4.78, 5) is 14.7. The van der Waals surface area contributed by atoms with Gasteiger partial charge in [0.05, 0.1) is 11.7 Å². The number of imidazole rings is 1. The first-order valence-corrected chi connectivity index (χ1v) is 5.80. The van der Waals surface area contributed by atoms with Crippen LogP contribution in [0.2, 0.25) is 0 Å². The molecule has 84 valence electrons. The van der Waals surface area contributed by atoms with Crippen LogP contribution >= 0.6 is 15.9 Å². The Hall–Kier alpha value is -1.36. The Kier molecular flexibility index (Phi) is 3.24. The summed E-state index contributed by atoms with van der Waals surface area (Å²) in [5, 5.41) is 8.56. The van der Waals surface area contributed by atoms with Crippen LogP contribution in [0.4, 0.5) is 0 Å². The van der Waals surface area contributed by atoms with E-state index in [1.54, 1.807) is 6.20 Å². The van der Waals surface area contributed by atoms with Gasteiger partial charge in [-0.3, -0.25) is 4.79 Å². The molecule has 0 aliphatic rings. The van der Waals surface area contributed by atoms with E-state index in [4.69, 9.17) is 5.11 Å². The molecule has 4 nitrogen and oxygen atoms in total. The first kappa shape index (κ1) is 11.1. The van der Waals surface area contributed by atoms with E-state index in [2.05, 4.69) is 20.9 Å². The lowest BCUT2D eigenvalue weighted by molar-refractivity contribution is -0.137. The normalized spacial score (nSPS) is 10.8. The lowest BCUT2D eigenvalue weighted by Crippen LogP contribution is -1.99. The maximum Gasteiger partial charge on any atom is 0.303 e. The van der Waals surface area contributed by atoms with Gasteiger partial charge in [0.2, 0.25) is 0 Å². The smallest absolute Gasteiger partial charge is 0.303 e. The van der Waals surface area contributed by atoms with E-state index in [1.165, 1.54) is 0 Å². The number of hydrogen-bond donors (Lipinski definition) is 1. The fourth-order valence-corrected chi connectivity index (χ4v) is 2.07. The summed E-state index contributed by atoms with van der Waals surface area (Å²) < 4.78 is 2.97. The summed E-state index contributed by atoms with van der Waals surface area (Å²) in [6.45, 7) is 0. The van der Waals surface area contributed by atoms with Crippen molar-refractivity contribution in [2.75, 3.05) is 0 Å². The molecular formula is C11H11BrN2O2. The summed E-state index contributed by atoms with van der Waals surface area (Å²) >= 11 is 3.45. The summed E-state index contributed by atoms with van der Waals surface area (Å²) in [6.07, 6.45) is 5.20. The number of aryl methyl sites for hydroxylation is 1. The van der Waals surface area contributed by atoms with Crippen molar-refractivity contribution in [2.24, 2.45) is 0 Å². The number of rotatable bonds is 4. The van der Waals surface area contributed by atoms with E-state index < -0.39 is 5.97 Å². The molecule has 16 heavy (non-hydrogen) atoms. The predicted molar refractivity (Wildman–Crippen MR) is 63.5 cm³/mol. The highest BCUT2D eigenvalue weighted by Crippen LogP contribution is 2.19. The van der Waals surface area contributed by atoms with Gasteiger partial charge in [-0.1, -0.05) is 0 Å². The molecule has 0 bridgehead atoms. The third-order valence-electron chi connectivity index (χ3n) is 2.39. The number of aliphatic carboxylic acids is 1. The fraction of sp³-hybridized carbons (Fsp3) is 0.273. The third-order valence-corrected chi connectivity index (χ3v) is 3.06. The van der Waals surface area contributed by atoms with Crippen LogP contribution in [0.1, 0.15) is 18.7 Å². The van der Waals surface area contributed by atoms with Crippen LogP contribution in [0, 0.1) is 0 Å². The average Bonchev–Trinajstić information content (AvgIpc) is 2.63. The van der Waals surface area contributed by atoms with Crippen molar-refractivity contribution in [1.29, 1.82) is 0 Å². The Bertz CT molecular complexity index is 522. The molecule has 2 rings (SSSR count). The van der Waals surface area contributed by atoms with Gasteiger partial charge in [-0.15, -0.1) is 0 Å². The predicted octanol–water partition coefficient (Wildman–Crippen LogP) is 2.50. The lowest BCUT2D eigenvalue weighted by Gasteiger charge is -2.00. The van der Waals surface area contributed by atoms with Gasteiger partial charge in [0, 0.05) is 23.5 Å². The zero-order valence-corrected chi connectivity index (χ0v) is 10.1. The molecule has 0 radical (unpaired) electrons. The quantitative estimate of drug-likeness (QED) is 0.938. The monoisotopic (exact) mass is 282 g/mol. The van der Waals surface area contributed by atoms with Gasteiger partial charge in [0.15, 0.2) is 0 Å². The summed E-state index contributed by atoms with van der Waals surface area (Å²) in [5.74, 6) is 0.139. The molecular weight excluding hydrogens is 272 g/mol. The van der Waals surface area contributed by atoms with Crippen molar-refractivity contribution in [1.82, 2.24) is 9.38 Å². The standard InChI is InChI=1S/C11H11BrN2O2/c12-8-3-2-6-14-9(8)7-13-10(14)4-1-5-11(15)16/h2-3,6-7H,1,4-5H2,(H,15,16). The summed E-state index contributed by atoms with van der Waals surface area (Å²) in [7, 11) is 0. The topological polar surface area (TPSA) is 54.6 Å². The number of aromatic nitrogens is 2. The third kappa shape index (κ3) is 2.24. The minimum atomic E-state index is -0.762. The van der Waals surface area contributed by atoms with Gasteiger partial charge in [0.25, 0.3) is 0 Å². The van der Waals surface area contributed by atoms with Crippen molar-refractivity contribution >= 4 is 27.4 Å². The van der Waals surface area contributed by atoms with E-state index in [9.17, 15) is 4.79 Å². The maximum absolute atomic E-state index is 10.4. The number of carboxylic acid groups (broad SMARTS) is 1. The van der Waals surface area contributed by atoms with Crippen LogP contribution in [-0.4, -0.2) is 20.5 Å². The van der Waals surface area contributed by atoms with Crippen LogP contribution in [0.5, 0.6) is 0 Å².